The van der Waals surface area contributed by atoms with Crippen molar-refractivity contribution in [2.45, 2.75) is 26.2 Å². The first-order valence-corrected chi connectivity index (χ1v) is 25.2. The average Bonchev–Trinajstić information content (AvgIpc) is 3.72. The summed E-state index contributed by atoms with van der Waals surface area (Å²) >= 11 is 0. The van der Waals surface area contributed by atoms with E-state index in [0.717, 1.165) is 105 Å². The van der Waals surface area contributed by atoms with Gasteiger partial charge in [-0.05, 0) is 194 Å². The molecule has 2 aliphatic carbocycles. The molecule has 0 saturated heterocycles. The Labute approximate surface area is 444 Å². The van der Waals surface area contributed by atoms with E-state index in [1.54, 1.807) is 28.4 Å². The first-order valence-electron chi connectivity index (χ1n) is 25.2. The van der Waals surface area contributed by atoms with Crippen LogP contribution in [0.2, 0.25) is 0 Å². The highest BCUT2D eigenvalue weighted by molar-refractivity contribution is 5.74. The van der Waals surface area contributed by atoms with Crippen molar-refractivity contribution >= 4 is 39.8 Å². The molecule has 0 amide bonds. The summed E-state index contributed by atoms with van der Waals surface area (Å²) in [6.07, 6.45) is 30.2. The predicted molar refractivity (Wildman–Crippen MR) is 314 cm³/mol. The summed E-state index contributed by atoms with van der Waals surface area (Å²) in [7, 11) is 6.77. The van der Waals surface area contributed by atoms with E-state index in [1.165, 1.54) is 11.3 Å². The molecule has 8 heteroatoms. The number of anilines is 7. The van der Waals surface area contributed by atoms with E-state index >= 15 is 0 Å². The third kappa shape index (κ3) is 13.3. The zero-order valence-corrected chi connectivity index (χ0v) is 43.7. The molecule has 0 bridgehead atoms. The number of nitrogens with zero attached hydrogens (tertiary/aromatic N) is 4. The van der Waals surface area contributed by atoms with Gasteiger partial charge < -0.3 is 38.5 Å². The highest BCUT2D eigenvalue weighted by atomic mass is 16.5. The fraction of sp³-hybridized carbons (Fsp3) is 0.134. The van der Waals surface area contributed by atoms with Crippen molar-refractivity contribution in [3.05, 3.63) is 290 Å². The Hall–Kier alpha value is -9.14. The lowest BCUT2D eigenvalue weighted by Crippen LogP contribution is -2.20. The highest BCUT2D eigenvalue weighted by Gasteiger charge is 2.20. The SMILES string of the molecule is C=C/C(=C\C=C\N(C(=C)/C=C\C(=C/C)C1=CCC=C(CN(c2ccccc2)c2ccc(N(C3=CC=C(OC)CC3)c3ccc(OC)cc3)cc2)C=C1)c1ccccc1)N(c1ccc(OC)cc1)c1ccc(OC)cc1. The van der Waals surface area contributed by atoms with Crippen LogP contribution in [0.25, 0.3) is 0 Å². The monoisotopic (exact) mass is 991 g/mol. The van der Waals surface area contributed by atoms with Crippen molar-refractivity contribution in [3.63, 3.8) is 0 Å². The summed E-state index contributed by atoms with van der Waals surface area (Å²) < 4.78 is 22.0. The summed E-state index contributed by atoms with van der Waals surface area (Å²) in [5.74, 6) is 3.37. The van der Waals surface area contributed by atoms with E-state index in [4.69, 9.17) is 18.9 Å². The van der Waals surface area contributed by atoms with Crippen LogP contribution in [0, 0.1) is 0 Å². The van der Waals surface area contributed by atoms with Gasteiger partial charge in [0, 0.05) is 76.1 Å². The molecule has 378 valence electrons. The Kier molecular flexibility index (Phi) is 18.1. The van der Waals surface area contributed by atoms with Gasteiger partial charge in [-0.3, -0.25) is 0 Å². The minimum Gasteiger partial charge on any atom is -0.501 e. The van der Waals surface area contributed by atoms with Gasteiger partial charge in [0.1, 0.15) is 17.2 Å². The van der Waals surface area contributed by atoms with Gasteiger partial charge in [-0.25, -0.2) is 0 Å². The van der Waals surface area contributed by atoms with E-state index in [-0.39, 0.29) is 0 Å². The van der Waals surface area contributed by atoms with Crippen molar-refractivity contribution in [1.82, 2.24) is 0 Å². The van der Waals surface area contributed by atoms with Crippen LogP contribution in [0.4, 0.5) is 39.8 Å². The predicted octanol–water partition coefficient (Wildman–Crippen LogP) is 17.0. The van der Waals surface area contributed by atoms with Gasteiger partial charge in [-0.2, -0.15) is 0 Å². The molecule has 2 aliphatic rings. The van der Waals surface area contributed by atoms with Crippen LogP contribution in [0.15, 0.2) is 290 Å². The van der Waals surface area contributed by atoms with E-state index in [0.29, 0.717) is 6.54 Å². The molecule has 0 atom stereocenters. The summed E-state index contributed by atoms with van der Waals surface area (Å²) in [5, 5.41) is 0. The van der Waals surface area contributed by atoms with Crippen molar-refractivity contribution < 1.29 is 18.9 Å². The quantitative estimate of drug-likeness (QED) is 0.0624. The van der Waals surface area contributed by atoms with Gasteiger partial charge in [0.15, 0.2) is 0 Å². The second-order valence-corrected chi connectivity index (χ2v) is 17.6. The smallest absolute Gasteiger partial charge is 0.119 e. The molecular weight excluding hydrogens is 925 g/mol. The van der Waals surface area contributed by atoms with Crippen molar-refractivity contribution in [1.29, 1.82) is 0 Å². The summed E-state index contributed by atoms with van der Waals surface area (Å²) in [6.45, 7) is 11.6. The molecule has 6 aromatic carbocycles. The van der Waals surface area contributed by atoms with Gasteiger partial charge in [0.05, 0.1) is 34.2 Å². The molecule has 0 radical (unpaired) electrons. The normalized spacial score (nSPS) is 13.7. The summed E-state index contributed by atoms with van der Waals surface area (Å²) in [4.78, 5) is 8.94. The first-order chi connectivity index (χ1) is 36.8. The number of methoxy groups -OCH3 is 4. The molecule has 6 aromatic rings. The number of ether oxygens (including phenoxy) is 4. The van der Waals surface area contributed by atoms with E-state index in [9.17, 15) is 0 Å². The Morgan fingerprint density at radius 2 is 1.09 bits per heavy atom. The Bertz CT molecular complexity index is 3110. The summed E-state index contributed by atoms with van der Waals surface area (Å²) in [6, 6.07) is 53.9. The second-order valence-electron chi connectivity index (χ2n) is 17.6. The van der Waals surface area contributed by atoms with Crippen LogP contribution in [-0.4, -0.2) is 35.0 Å². The van der Waals surface area contributed by atoms with Gasteiger partial charge in [0.2, 0.25) is 0 Å². The van der Waals surface area contributed by atoms with Crippen LogP contribution < -0.4 is 33.8 Å². The molecule has 0 fully saturated rings. The van der Waals surface area contributed by atoms with Crippen LogP contribution in [0.1, 0.15) is 26.2 Å². The third-order valence-electron chi connectivity index (χ3n) is 13.1. The fourth-order valence-electron chi connectivity index (χ4n) is 9.01. The molecule has 0 unspecified atom stereocenters. The van der Waals surface area contributed by atoms with Crippen LogP contribution in [0.3, 0.4) is 0 Å². The van der Waals surface area contributed by atoms with E-state index in [2.05, 4.69) is 179 Å². The number of allylic oxidation sites excluding steroid dienone is 15. The minimum atomic E-state index is 0.690. The fourth-order valence-corrected chi connectivity index (χ4v) is 9.01. The highest BCUT2D eigenvalue weighted by Crippen LogP contribution is 2.38. The number of hydrogen-bond acceptors (Lipinski definition) is 8. The number of para-hydroxylation sites is 2. The molecule has 0 saturated carbocycles. The number of hydrogen-bond donors (Lipinski definition) is 0. The summed E-state index contributed by atoms with van der Waals surface area (Å²) in [5.41, 5.74) is 13.6. The lowest BCUT2D eigenvalue weighted by atomic mass is 10.0. The molecular formula is C67H66N4O4. The maximum Gasteiger partial charge on any atom is 0.119 e. The maximum atomic E-state index is 5.57. The Morgan fingerprint density at radius 1 is 0.560 bits per heavy atom. The van der Waals surface area contributed by atoms with Crippen molar-refractivity contribution in [3.8, 4) is 17.2 Å². The molecule has 0 N–H and O–H groups in total. The van der Waals surface area contributed by atoms with E-state index < -0.39 is 0 Å². The molecule has 0 heterocycles. The largest absolute Gasteiger partial charge is 0.501 e. The Morgan fingerprint density at radius 3 is 1.61 bits per heavy atom. The van der Waals surface area contributed by atoms with Gasteiger partial charge in [0.25, 0.3) is 0 Å². The van der Waals surface area contributed by atoms with Crippen LogP contribution in [0.5, 0.6) is 17.2 Å². The molecule has 8 nitrogen and oxygen atoms in total. The molecule has 75 heavy (non-hydrogen) atoms. The third-order valence-corrected chi connectivity index (χ3v) is 13.1. The van der Waals surface area contributed by atoms with Crippen LogP contribution >= 0.6 is 0 Å². The Balaban J connectivity index is 1.00. The average molecular weight is 991 g/mol. The lowest BCUT2D eigenvalue weighted by molar-refractivity contribution is 0.275. The molecule has 8 rings (SSSR count). The second kappa shape index (κ2) is 26.0. The van der Waals surface area contributed by atoms with Gasteiger partial charge in [-0.1, -0.05) is 86.0 Å². The molecule has 0 aliphatic heterocycles. The topological polar surface area (TPSA) is 49.9 Å². The first kappa shape index (κ1) is 52.2. The number of benzene rings is 6. The van der Waals surface area contributed by atoms with Crippen molar-refractivity contribution in [2.75, 3.05) is 54.6 Å². The van der Waals surface area contributed by atoms with E-state index in [1.807, 2.05) is 97.2 Å². The lowest BCUT2D eigenvalue weighted by Gasteiger charge is -2.31. The van der Waals surface area contributed by atoms with Crippen LogP contribution in [-0.2, 0) is 4.74 Å². The standard InChI is InChI=1S/C67H66N4O4/c1-8-53(27-25-51(3)68(56-20-12-10-13-21-56)49-17-24-55(9-2)70(60-33-41-64(72-4)42-34-60)61-35-43-65(73-5)44-36-61)54-19-16-18-52(26-28-54)50-69(57-22-14-11-15-23-57)58-29-31-59(32-30-58)71(62-37-45-66(74-6)46-38-62)63-39-47-67(75-7)48-40-63/h8-15,17-39,41-47,49H,2-3,16,40,48,50H2,1,4-7H3/b27-25-,49-17+,53-8+,55-24+. The molecule has 0 aromatic heterocycles. The zero-order chi connectivity index (χ0) is 52.4. The van der Waals surface area contributed by atoms with Gasteiger partial charge >= 0.3 is 0 Å². The molecule has 0 spiro atoms. The minimum absolute atomic E-state index is 0.690. The van der Waals surface area contributed by atoms with Gasteiger partial charge in [-0.15, -0.1) is 0 Å². The maximum absolute atomic E-state index is 5.57. The van der Waals surface area contributed by atoms with Crippen molar-refractivity contribution in [2.24, 2.45) is 0 Å². The number of rotatable bonds is 22. The zero-order valence-electron chi connectivity index (χ0n) is 43.7.